The van der Waals surface area contributed by atoms with Gasteiger partial charge in [0, 0.05) is 6.07 Å². The molecule has 0 saturated heterocycles. The molecule has 0 radical (unpaired) electrons. The van der Waals surface area contributed by atoms with E-state index in [0.717, 1.165) is 19.2 Å². The van der Waals surface area contributed by atoms with E-state index in [1.807, 2.05) is 0 Å². The van der Waals surface area contributed by atoms with E-state index >= 15 is 0 Å². The highest BCUT2D eigenvalue weighted by Gasteiger charge is 2.08. The van der Waals surface area contributed by atoms with Crippen LogP contribution in [0.15, 0.2) is 18.2 Å². The standard InChI is InChI=1S/C8H6F2O2/c1-12-8(11)5-2-6(9)4-7(10)3-5/h2-4H,1H3. The molecule has 0 aliphatic heterocycles. The third-order valence-electron chi connectivity index (χ3n) is 1.28. The largest absolute Gasteiger partial charge is 0.465 e. The van der Waals surface area contributed by atoms with Gasteiger partial charge in [0.05, 0.1) is 12.7 Å². The predicted molar refractivity (Wildman–Crippen MR) is 37.7 cm³/mol. The van der Waals surface area contributed by atoms with Crippen molar-refractivity contribution in [2.45, 2.75) is 0 Å². The summed E-state index contributed by atoms with van der Waals surface area (Å²) < 4.78 is 29.2. The Morgan fingerprint density at radius 1 is 1.25 bits per heavy atom. The van der Waals surface area contributed by atoms with Crippen molar-refractivity contribution in [1.29, 1.82) is 0 Å². The summed E-state index contributed by atoms with van der Waals surface area (Å²) in [7, 11) is 1.14. The molecule has 0 spiro atoms. The number of esters is 1. The normalized spacial score (nSPS) is 9.58. The van der Waals surface area contributed by atoms with Crippen LogP contribution < -0.4 is 0 Å². The number of ether oxygens (including phenoxy) is 1. The van der Waals surface area contributed by atoms with Crippen LogP contribution in [0.2, 0.25) is 0 Å². The number of benzene rings is 1. The molecule has 0 heterocycles. The van der Waals surface area contributed by atoms with E-state index in [1.54, 1.807) is 0 Å². The Bertz CT molecular complexity index is 290. The summed E-state index contributed by atoms with van der Waals surface area (Å²) in [6, 6.07) is 2.51. The molecule has 0 bridgehead atoms. The maximum Gasteiger partial charge on any atom is 0.338 e. The molecule has 4 heteroatoms. The molecule has 0 atom stereocenters. The molecular weight excluding hydrogens is 166 g/mol. The Morgan fingerprint density at radius 2 is 1.75 bits per heavy atom. The van der Waals surface area contributed by atoms with Crippen LogP contribution >= 0.6 is 0 Å². The van der Waals surface area contributed by atoms with Crippen LogP contribution in [0.25, 0.3) is 0 Å². The zero-order valence-electron chi connectivity index (χ0n) is 6.30. The van der Waals surface area contributed by atoms with Gasteiger partial charge in [0.1, 0.15) is 11.6 Å². The van der Waals surface area contributed by atoms with E-state index in [1.165, 1.54) is 0 Å². The molecule has 64 valence electrons. The van der Waals surface area contributed by atoms with E-state index < -0.39 is 17.6 Å². The Kier molecular flexibility index (Phi) is 2.38. The maximum absolute atomic E-state index is 12.5. The molecule has 0 N–H and O–H groups in total. The molecule has 0 aliphatic carbocycles. The van der Waals surface area contributed by atoms with E-state index in [4.69, 9.17) is 0 Å². The first kappa shape index (κ1) is 8.64. The highest BCUT2D eigenvalue weighted by Crippen LogP contribution is 2.08. The molecule has 2 nitrogen and oxygen atoms in total. The quantitative estimate of drug-likeness (QED) is 0.603. The van der Waals surface area contributed by atoms with Gasteiger partial charge in [-0.15, -0.1) is 0 Å². The molecule has 1 rings (SSSR count). The fourth-order valence-corrected chi connectivity index (χ4v) is 0.790. The number of rotatable bonds is 1. The first-order chi connectivity index (χ1) is 5.63. The summed E-state index contributed by atoms with van der Waals surface area (Å²) in [6.07, 6.45) is 0. The minimum absolute atomic E-state index is 0.130. The van der Waals surface area contributed by atoms with Crippen molar-refractivity contribution in [2.24, 2.45) is 0 Å². The summed E-state index contributed by atoms with van der Waals surface area (Å²) in [5.41, 5.74) is -0.130. The zero-order chi connectivity index (χ0) is 9.14. The lowest BCUT2D eigenvalue weighted by atomic mass is 10.2. The molecule has 12 heavy (non-hydrogen) atoms. The van der Waals surface area contributed by atoms with Gasteiger partial charge in [-0.2, -0.15) is 0 Å². The molecule has 0 aliphatic rings. The van der Waals surface area contributed by atoms with Gasteiger partial charge in [-0.25, -0.2) is 13.6 Å². The second-order valence-electron chi connectivity index (χ2n) is 2.15. The summed E-state index contributed by atoms with van der Waals surface area (Å²) in [5.74, 6) is -2.35. The van der Waals surface area contributed by atoms with Crippen LogP contribution in [0.4, 0.5) is 8.78 Å². The van der Waals surface area contributed by atoms with E-state index in [0.29, 0.717) is 6.07 Å². The van der Waals surface area contributed by atoms with Crippen LogP contribution in [0.1, 0.15) is 10.4 Å². The molecule has 0 amide bonds. The molecule has 1 aromatic rings. The van der Waals surface area contributed by atoms with Gasteiger partial charge in [-0.3, -0.25) is 0 Å². The highest BCUT2D eigenvalue weighted by atomic mass is 19.1. The summed E-state index contributed by atoms with van der Waals surface area (Å²) >= 11 is 0. The van der Waals surface area contributed by atoms with E-state index in [2.05, 4.69) is 4.74 Å². The zero-order valence-corrected chi connectivity index (χ0v) is 6.30. The molecule has 0 saturated carbocycles. The molecule has 0 aromatic heterocycles. The number of halogens is 2. The first-order valence-electron chi connectivity index (χ1n) is 3.18. The summed E-state index contributed by atoms with van der Waals surface area (Å²) in [4.78, 5) is 10.8. The van der Waals surface area contributed by atoms with E-state index in [-0.39, 0.29) is 5.56 Å². The van der Waals surface area contributed by atoms with Gasteiger partial charge in [0.25, 0.3) is 0 Å². The molecule has 0 unspecified atom stereocenters. The van der Waals surface area contributed by atoms with Crippen molar-refractivity contribution < 1.29 is 18.3 Å². The van der Waals surface area contributed by atoms with Crippen LogP contribution in [-0.2, 0) is 4.74 Å². The lowest BCUT2D eigenvalue weighted by Crippen LogP contribution is -2.02. The third-order valence-corrected chi connectivity index (χ3v) is 1.28. The predicted octanol–water partition coefficient (Wildman–Crippen LogP) is 1.75. The van der Waals surface area contributed by atoms with Crippen molar-refractivity contribution >= 4 is 5.97 Å². The van der Waals surface area contributed by atoms with Gasteiger partial charge in [-0.1, -0.05) is 0 Å². The highest BCUT2D eigenvalue weighted by molar-refractivity contribution is 5.89. The molecule has 1 aromatic carbocycles. The molecule has 0 fully saturated rings. The Morgan fingerprint density at radius 3 is 2.17 bits per heavy atom. The van der Waals surface area contributed by atoms with Crippen molar-refractivity contribution in [2.75, 3.05) is 7.11 Å². The third kappa shape index (κ3) is 1.78. The van der Waals surface area contributed by atoms with Gasteiger partial charge < -0.3 is 4.74 Å². The van der Waals surface area contributed by atoms with Crippen molar-refractivity contribution in [1.82, 2.24) is 0 Å². The average molecular weight is 172 g/mol. The Hall–Kier alpha value is -1.45. The maximum atomic E-state index is 12.5. The summed E-state index contributed by atoms with van der Waals surface area (Å²) in [6.45, 7) is 0. The lowest BCUT2D eigenvalue weighted by Gasteiger charge is -1.98. The smallest absolute Gasteiger partial charge is 0.338 e. The van der Waals surface area contributed by atoms with Gasteiger partial charge >= 0.3 is 5.97 Å². The second-order valence-corrected chi connectivity index (χ2v) is 2.15. The Balaban J connectivity index is 3.08. The van der Waals surface area contributed by atoms with Crippen LogP contribution in [0.3, 0.4) is 0 Å². The lowest BCUT2D eigenvalue weighted by molar-refractivity contribution is 0.0599. The topological polar surface area (TPSA) is 26.3 Å². The molecular formula is C8H6F2O2. The minimum atomic E-state index is -0.796. The van der Waals surface area contributed by atoms with Crippen LogP contribution in [-0.4, -0.2) is 13.1 Å². The van der Waals surface area contributed by atoms with Crippen LogP contribution in [0.5, 0.6) is 0 Å². The monoisotopic (exact) mass is 172 g/mol. The van der Waals surface area contributed by atoms with Crippen molar-refractivity contribution in [3.8, 4) is 0 Å². The summed E-state index contributed by atoms with van der Waals surface area (Å²) in [5, 5.41) is 0. The number of carbonyl (C=O) groups excluding carboxylic acids is 1. The van der Waals surface area contributed by atoms with Crippen molar-refractivity contribution in [3.63, 3.8) is 0 Å². The van der Waals surface area contributed by atoms with Gasteiger partial charge in [0.2, 0.25) is 0 Å². The van der Waals surface area contributed by atoms with Crippen LogP contribution in [0, 0.1) is 11.6 Å². The average Bonchev–Trinajstić information content (AvgIpc) is 2.01. The SMILES string of the molecule is COC(=O)c1cc(F)cc(F)c1. The fourth-order valence-electron chi connectivity index (χ4n) is 0.790. The minimum Gasteiger partial charge on any atom is -0.465 e. The first-order valence-corrected chi connectivity index (χ1v) is 3.18. The van der Waals surface area contributed by atoms with Gasteiger partial charge in [-0.05, 0) is 12.1 Å². The number of carbonyl (C=O) groups is 1. The van der Waals surface area contributed by atoms with Crippen molar-refractivity contribution in [3.05, 3.63) is 35.4 Å². The second kappa shape index (κ2) is 3.30. The Labute approximate surface area is 67.8 Å². The fraction of sp³-hybridized carbons (Fsp3) is 0.125. The van der Waals surface area contributed by atoms with E-state index in [9.17, 15) is 13.6 Å². The number of hydrogen-bond acceptors (Lipinski definition) is 2. The van der Waals surface area contributed by atoms with Gasteiger partial charge in [0.15, 0.2) is 0 Å². The number of methoxy groups -OCH3 is 1. The number of hydrogen-bond donors (Lipinski definition) is 0.